The van der Waals surface area contributed by atoms with E-state index >= 15 is 0 Å². The van der Waals surface area contributed by atoms with Crippen LogP contribution in [0.1, 0.15) is 19.3 Å². The topological polar surface area (TPSA) is 0 Å². The van der Waals surface area contributed by atoms with Gasteiger partial charge in [0.2, 0.25) is 0 Å². The summed E-state index contributed by atoms with van der Waals surface area (Å²) in [5, 5.41) is 0. The summed E-state index contributed by atoms with van der Waals surface area (Å²) in [5.74, 6) is 0. The molecule has 0 bridgehead atoms. The second-order valence-electron chi connectivity index (χ2n) is 2.94. The lowest BCUT2D eigenvalue weighted by molar-refractivity contribution is 1.17. The molecule has 0 amide bonds. The first kappa shape index (κ1) is 6.66. The van der Waals surface area contributed by atoms with Gasteiger partial charge in [-0.2, -0.15) is 0 Å². The smallest absolute Gasteiger partial charge is 0.00946 e. The van der Waals surface area contributed by atoms with Crippen LogP contribution in [0, 0.1) is 0 Å². The summed E-state index contributed by atoms with van der Waals surface area (Å²) < 4.78 is 0. The van der Waals surface area contributed by atoms with Gasteiger partial charge in [-0.1, -0.05) is 36.5 Å². The van der Waals surface area contributed by atoms with Crippen LogP contribution in [-0.2, 0) is 0 Å². The number of fused-ring (bicyclic) bond motifs is 1. The molecular weight excluding hydrogens is 132 g/mol. The van der Waals surface area contributed by atoms with Crippen molar-refractivity contribution in [3.63, 3.8) is 0 Å². The van der Waals surface area contributed by atoms with Gasteiger partial charge >= 0.3 is 0 Å². The van der Waals surface area contributed by atoms with Crippen molar-refractivity contribution in [2.24, 2.45) is 0 Å². The van der Waals surface area contributed by atoms with Gasteiger partial charge in [0.15, 0.2) is 0 Å². The molecule has 2 aliphatic carbocycles. The Morgan fingerprint density at radius 2 is 1.82 bits per heavy atom. The number of allylic oxidation sites excluding steroid dienone is 8. The molecule has 0 saturated heterocycles. The molecule has 0 saturated carbocycles. The zero-order chi connectivity index (χ0) is 7.52. The van der Waals surface area contributed by atoms with Crippen LogP contribution in [0.2, 0.25) is 0 Å². The second kappa shape index (κ2) is 2.91. The molecule has 0 aromatic carbocycles. The molecule has 2 rings (SSSR count). The normalized spacial score (nSPS) is 21.8. The molecule has 0 spiro atoms. The van der Waals surface area contributed by atoms with Crippen LogP contribution in [0.4, 0.5) is 0 Å². The SMILES string of the molecule is C1=CCC2=CCC=CC2=CC1. The van der Waals surface area contributed by atoms with E-state index in [4.69, 9.17) is 0 Å². The van der Waals surface area contributed by atoms with Gasteiger partial charge in [-0.15, -0.1) is 0 Å². The van der Waals surface area contributed by atoms with Gasteiger partial charge in [-0.3, -0.25) is 0 Å². The summed E-state index contributed by atoms with van der Waals surface area (Å²) in [7, 11) is 0. The maximum atomic E-state index is 2.32. The summed E-state index contributed by atoms with van der Waals surface area (Å²) in [4.78, 5) is 0. The summed E-state index contributed by atoms with van der Waals surface area (Å²) >= 11 is 0. The molecule has 0 aromatic rings. The van der Waals surface area contributed by atoms with Gasteiger partial charge in [-0.05, 0) is 30.4 Å². The first-order chi connectivity index (χ1) is 5.47. The Morgan fingerprint density at radius 1 is 0.909 bits per heavy atom. The van der Waals surface area contributed by atoms with Crippen molar-refractivity contribution >= 4 is 0 Å². The molecule has 0 nitrogen and oxygen atoms in total. The van der Waals surface area contributed by atoms with Crippen molar-refractivity contribution in [1.29, 1.82) is 0 Å². The molecule has 0 aliphatic heterocycles. The Hall–Kier alpha value is -1.04. The Balaban J connectivity index is 2.32. The minimum atomic E-state index is 1.09. The zero-order valence-electron chi connectivity index (χ0n) is 6.59. The van der Waals surface area contributed by atoms with E-state index < -0.39 is 0 Å². The number of hydrogen-bond donors (Lipinski definition) is 0. The van der Waals surface area contributed by atoms with Crippen molar-refractivity contribution in [1.82, 2.24) is 0 Å². The Labute approximate surface area is 67.6 Å². The summed E-state index contributed by atoms with van der Waals surface area (Å²) in [6.07, 6.45) is 16.9. The van der Waals surface area contributed by atoms with Crippen LogP contribution in [0.5, 0.6) is 0 Å². The molecule has 56 valence electrons. The Kier molecular flexibility index (Phi) is 1.76. The largest absolute Gasteiger partial charge is 0.0844 e. The van der Waals surface area contributed by atoms with Crippen LogP contribution < -0.4 is 0 Å². The van der Waals surface area contributed by atoms with E-state index in [1.807, 2.05) is 0 Å². The van der Waals surface area contributed by atoms with Gasteiger partial charge in [0.05, 0.1) is 0 Å². The van der Waals surface area contributed by atoms with E-state index in [-0.39, 0.29) is 0 Å². The first-order valence-corrected chi connectivity index (χ1v) is 4.18. The van der Waals surface area contributed by atoms with Crippen molar-refractivity contribution in [3.8, 4) is 0 Å². The van der Waals surface area contributed by atoms with Gasteiger partial charge in [-0.25, -0.2) is 0 Å². The van der Waals surface area contributed by atoms with Gasteiger partial charge < -0.3 is 0 Å². The minimum absolute atomic E-state index is 1.09. The number of hydrogen-bond acceptors (Lipinski definition) is 0. The van der Waals surface area contributed by atoms with Crippen LogP contribution in [0.3, 0.4) is 0 Å². The highest BCUT2D eigenvalue weighted by molar-refractivity contribution is 5.45. The van der Waals surface area contributed by atoms with E-state index in [1.54, 1.807) is 0 Å². The average molecular weight is 144 g/mol. The molecule has 0 N–H and O–H groups in total. The predicted molar refractivity (Wildman–Crippen MR) is 48.3 cm³/mol. The molecule has 0 aromatic heterocycles. The van der Waals surface area contributed by atoms with Gasteiger partial charge in [0.25, 0.3) is 0 Å². The fourth-order valence-electron chi connectivity index (χ4n) is 1.53. The molecule has 2 aliphatic rings. The van der Waals surface area contributed by atoms with Crippen molar-refractivity contribution in [3.05, 3.63) is 47.6 Å². The van der Waals surface area contributed by atoms with Crippen molar-refractivity contribution in [2.75, 3.05) is 0 Å². The third-order valence-electron chi connectivity index (χ3n) is 2.15. The highest BCUT2D eigenvalue weighted by Crippen LogP contribution is 2.24. The minimum Gasteiger partial charge on any atom is -0.0844 e. The maximum absolute atomic E-state index is 2.32. The fourth-order valence-corrected chi connectivity index (χ4v) is 1.53. The van der Waals surface area contributed by atoms with Gasteiger partial charge in [0, 0.05) is 0 Å². The van der Waals surface area contributed by atoms with Crippen LogP contribution in [0.15, 0.2) is 47.6 Å². The summed E-state index contributed by atoms with van der Waals surface area (Å²) in [6, 6.07) is 0. The van der Waals surface area contributed by atoms with Gasteiger partial charge in [0.1, 0.15) is 0 Å². The Bertz CT molecular complexity index is 262. The van der Waals surface area contributed by atoms with Crippen molar-refractivity contribution in [2.45, 2.75) is 19.3 Å². The second-order valence-corrected chi connectivity index (χ2v) is 2.94. The highest BCUT2D eigenvalue weighted by Gasteiger charge is 2.04. The van der Waals surface area contributed by atoms with E-state index in [0.717, 1.165) is 19.3 Å². The third kappa shape index (κ3) is 1.35. The van der Waals surface area contributed by atoms with E-state index in [1.165, 1.54) is 11.1 Å². The molecule has 0 radical (unpaired) electrons. The standard InChI is InChI=1S/C11H12/c1-2-6-10-8-4-5-9-11(10)7-3-1/h1-2,5,7-9H,3-4,6H2. The van der Waals surface area contributed by atoms with Crippen LogP contribution in [-0.4, -0.2) is 0 Å². The lowest BCUT2D eigenvalue weighted by Crippen LogP contribution is -1.88. The third-order valence-corrected chi connectivity index (χ3v) is 2.15. The predicted octanol–water partition coefficient (Wildman–Crippen LogP) is 3.15. The van der Waals surface area contributed by atoms with Crippen molar-refractivity contribution < 1.29 is 0 Å². The maximum Gasteiger partial charge on any atom is -0.00946 e. The molecule has 0 atom stereocenters. The molecule has 0 unspecified atom stereocenters. The number of rotatable bonds is 0. The lowest BCUT2D eigenvalue weighted by atomic mass is 9.98. The zero-order valence-corrected chi connectivity index (χ0v) is 6.59. The van der Waals surface area contributed by atoms with Crippen LogP contribution in [0.25, 0.3) is 0 Å². The molecule has 11 heavy (non-hydrogen) atoms. The van der Waals surface area contributed by atoms with Crippen LogP contribution >= 0.6 is 0 Å². The fraction of sp³-hybridized carbons (Fsp3) is 0.273. The molecule has 0 heteroatoms. The highest BCUT2D eigenvalue weighted by atomic mass is 14.1. The summed E-state index contributed by atoms with van der Waals surface area (Å²) in [6.45, 7) is 0. The average Bonchev–Trinajstić information content (AvgIpc) is 2.28. The molecule has 0 fully saturated rings. The first-order valence-electron chi connectivity index (χ1n) is 4.18. The molecule has 0 heterocycles. The monoisotopic (exact) mass is 144 g/mol. The molecular formula is C11H12. The van der Waals surface area contributed by atoms with E-state index in [0.29, 0.717) is 0 Å². The quantitative estimate of drug-likeness (QED) is 0.458. The van der Waals surface area contributed by atoms with E-state index in [9.17, 15) is 0 Å². The summed E-state index contributed by atoms with van der Waals surface area (Å²) in [5.41, 5.74) is 2.93. The lowest BCUT2D eigenvalue weighted by Gasteiger charge is -2.08. The Morgan fingerprint density at radius 3 is 2.82 bits per heavy atom. The van der Waals surface area contributed by atoms with E-state index in [2.05, 4.69) is 36.5 Å².